The summed E-state index contributed by atoms with van der Waals surface area (Å²) >= 11 is 0. The average molecular weight is 463 g/mol. The average Bonchev–Trinajstić information content (AvgIpc) is 3.45. The number of ketones is 1. The molecule has 1 saturated heterocycles. The Balaban J connectivity index is 1.86. The van der Waals surface area contributed by atoms with Gasteiger partial charge in [-0.1, -0.05) is 12.1 Å². The SMILES string of the molecule is COc1ccc(/C(O)=C2\C(=O)C(=O)N(Cc3ccco3)C2c2ccc(N(C)C)cc2)cc1OC. The van der Waals surface area contributed by atoms with Crippen LogP contribution in [0.2, 0.25) is 0 Å². The van der Waals surface area contributed by atoms with Crippen LogP contribution >= 0.6 is 0 Å². The molecule has 8 heteroatoms. The van der Waals surface area contributed by atoms with E-state index in [4.69, 9.17) is 13.9 Å². The van der Waals surface area contributed by atoms with Crippen LogP contribution in [-0.4, -0.2) is 50.0 Å². The second-order valence-electron chi connectivity index (χ2n) is 8.06. The minimum atomic E-state index is -0.797. The van der Waals surface area contributed by atoms with E-state index in [9.17, 15) is 14.7 Å². The van der Waals surface area contributed by atoms with Gasteiger partial charge in [-0.2, -0.15) is 0 Å². The van der Waals surface area contributed by atoms with E-state index in [0.717, 1.165) is 5.69 Å². The van der Waals surface area contributed by atoms with Gasteiger partial charge in [0.05, 0.1) is 38.6 Å². The van der Waals surface area contributed by atoms with Gasteiger partial charge < -0.3 is 28.8 Å². The van der Waals surface area contributed by atoms with Crippen molar-refractivity contribution >= 4 is 23.1 Å². The molecule has 0 bridgehead atoms. The number of hydrogen-bond donors (Lipinski definition) is 1. The molecule has 1 aliphatic rings. The molecule has 0 spiro atoms. The molecule has 1 amide bonds. The van der Waals surface area contributed by atoms with Crippen molar-refractivity contribution in [2.24, 2.45) is 0 Å². The number of carbonyl (C=O) groups is 2. The minimum Gasteiger partial charge on any atom is -0.507 e. The van der Waals surface area contributed by atoms with Gasteiger partial charge in [0.2, 0.25) is 0 Å². The number of furan rings is 1. The molecule has 8 nitrogen and oxygen atoms in total. The van der Waals surface area contributed by atoms with E-state index >= 15 is 0 Å². The van der Waals surface area contributed by atoms with Gasteiger partial charge in [0.1, 0.15) is 11.5 Å². The largest absolute Gasteiger partial charge is 0.507 e. The molecule has 2 aromatic carbocycles. The number of Topliss-reactive ketones (excluding diaryl/α,β-unsaturated/α-hetero) is 1. The first-order valence-corrected chi connectivity index (χ1v) is 10.7. The van der Waals surface area contributed by atoms with Crippen molar-refractivity contribution in [1.82, 2.24) is 4.90 Å². The molecule has 0 radical (unpaired) electrons. The summed E-state index contributed by atoms with van der Waals surface area (Å²) in [4.78, 5) is 29.7. The van der Waals surface area contributed by atoms with Crippen molar-refractivity contribution < 1.29 is 28.6 Å². The predicted octanol–water partition coefficient (Wildman–Crippen LogP) is 3.98. The number of anilines is 1. The Labute approximate surface area is 197 Å². The summed E-state index contributed by atoms with van der Waals surface area (Å²) in [6, 6.07) is 15.0. The van der Waals surface area contributed by atoms with Crippen LogP contribution in [0.15, 0.2) is 70.9 Å². The van der Waals surface area contributed by atoms with Gasteiger partial charge in [-0.3, -0.25) is 9.59 Å². The molecule has 1 aliphatic heterocycles. The lowest BCUT2D eigenvalue weighted by Gasteiger charge is -2.25. The number of rotatable bonds is 7. The number of methoxy groups -OCH3 is 2. The molecule has 4 rings (SSSR count). The van der Waals surface area contributed by atoms with E-state index < -0.39 is 17.7 Å². The summed E-state index contributed by atoms with van der Waals surface area (Å²) in [7, 11) is 6.84. The number of ether oxygens (including phenoxy) is 2. The highest BCUT2D eigenvalue weighted by Crippen LogP contribution is 2.41. The summed E-state index contributed by atoms with van der Waals surface area (Å²) in [6.45, 7) is 0.0837. The van der Waals surface area contributed by atoms with Crippen molar-refractivity contribution in [3.8, 4) is 11.5 Å². The molecule has 0 saturated carbocycles. The van der Waals surface area contributed by atoms with E-state index in [1.807, 2.05) is 43.3 Å². The quantitative estimate of drug-likeness (QED) is 0.322. The normalized spacial score (nSPS) is 17.2. The number of hydrogen-bond acceptors (Lipinski definition) is 7. The van der Waals surface area contributed by atoms with Gasteiger partial charge in [0.25, 0.3) is 11.7 Å². The van der Waals surface area contributed by atoms with E-state index in [2.05, 4.69) is 0 Å². The maximum atomic E-state index is 13.2. The standard InChI is InChI=1S/C26H26N2O6/c1-27(2)18-10-7-16(8-11-18)23-22(24(29)17-9-12-20(32-3)21(14-17)33-4)25(30)26(31)28(23)15-19-6-5-13-34-19/h5-14,23,29H,15H2,1-4H3/b24-22+. The first kappa shape index (κ1) is 23.0. The summed E-state index contributed by atoms with van der Waals surface area (Å²) in [6.07, 6.45) is 1.51. The number of aliphatic hydroxyl groups is 1. The number of amides is 1. The molecule has 0 aliphatic carbocycles. The molecule has 1 fully saturated rings. The lowest BCUT2D eigenvalue weighted by Crippen LogP contribution is -2.29. The number of nitrogens with zero attached hydrogens (tertiary/aromatic N) is 2. The van der Waals surface area contributed by atoms with Crippen molar-refractivity contribution in [3.63, 3.8) is 0 Å². The zero-order valence-electron chi connectivity index (χ0n) is 19.4. The molecule has 1 aromatic heterocycles. The fourth-order valence-corrected chi connectivity index (χ4v) is 4.05. The summed E-state index contributed by atoms with van der Waals surface area (Å²) in [5.41, 5.74) is 2.00. The molecule has 176 valence electrons. The van der Waals surface area contributed by atoms with Crippen LogP contribution in [0.4, 0.5) is 5.69 Å². The molecule has 1 N–H and O–H groups in total. The minimum absolute atomic E-state index is 0.00128. The maximum absolute atomic E-state index is 13.2. The third-order valence-electron chi connectivity index (χ3n) is 5.83. The lowest BCUT2D eigenvalue weighted by molar-refractivity contribution is -0.140. The number of benzene rings is 2. The molecule has 1 atom stereocenters. The zero-order chi connectivity index (χ0) is 24.4. The summed E-state index contributed by atoms with van der Waals surface area (Å²) < 4.78 is 16.0. The first-order chi connectivity index (χ1) is 16.3. The topological polar surface area (TPSA) is 92.5 Å². The zero-order valence-corrected chi connectivity index (χ0v) is 19.4. The van der Waals surface area contributed by atoms with E-state index in [-0.39, 0.29) is 17.9 Å². The summed E-state index contributed by atoms with van der Waals surface area (Å²) in [5, 5.41) is 11.3. The van der Waals surface area contributed by atoms with Crippen molar-refractivity contribution in [3.05, 3.63) is 83.3 Å². The van der Waals surface area contributed by atoms with Gasteiger partial charge in [-0.25, -0.2) is 0 Å². The van der Waals surface area contributed by atoms with E-state index in [1.54, 1.807) is 30.3 Å². The maximum Gasteiger partial charge on any atom is 0.296 e. The first-order valence-electron chi connectivity index (χ1n) is 10.7. The molecular formula is C26H26N2O6. The summed E-state index contributed by atoms with van der Waals surface area (Å²) in [5.74, 6) is -0.358. The smallest absolute Gasteiger partial charge is 0.296 e. The van der Waals surface area contributed by atoms with Gasteiger partial charge in [-0.15, -0.1) is 0 Å². The Bertz CT molecular complexity index is 1230. The molecule has 3 aromatic rings. The third-order valence-corrected chi connectivity index (χ3v) is 5.83. The van der Waals surface area contributed by atoms with Gasteiger partial charge in [0, 0.05) is 25.3 Å². The van der Waals surface area contributed by atoms with Crippen molar-refractivity contribution in [2.75, 3.05) is 33.2 Å². The van der Waals surface area contributed by atoms with Gasteiger partial charge >= 0.3 is 0 Å². The van der Waals surface area contributed by atoms with Crippen LogP contribution < -0.4 is 14.4 Å². The fraction of sp³-hybridized carbons (Fsp3) is 0.231. The highest BCUT2D eigenvalue weighted by atomic mass is 16.5. The number of aliphatic hydroxyl groups excluding tert-OH is 1. The van der Waals surface area contributed by atoms with Crippen molar-refractivity contribution in [2.45, 2.75) is 12.6 Å². The molecular weight excluding hydrogens is 436 g/mol. The van der Waals surface area contributed by atoms with E-state index in [0.29, 0.717) is 28.4 Å². The second kappa shape index (κ2) is 9.35. The Morgan fingerprint density at radius 1 is 1.03 bits per heavy atom. The Morgan fingerprint density at radius 3 is 2.32 bits per heavy atom. The van der Waals surface area contributed by atoms with Crippen molar-refractivity contribution in [1.29, 1.82) is 0 Å². The number of likely N-dealkylation sites (tertiary alicyclic amines) is 1. The predicted molar refractivity (Wildman–Crippen MR) is 127 cm³/mol. The van der Waals surface area contributed by atoms with Gasteiger partial charge in [-0.05, 0) is 48.0 Å². The van der Waals surface area contributed by atoms with Crippen LogP contribution in [0.25, 0.3) is 5.76 Å². The third kappa shape index (κ3) is 4.10. The molecule has 1 unspecified atom stereocenters. The lowest BCUT2D eigenvalue weighted by atomic mass is 9.95. The second-order valence-corrected chi connectivity index (χ2v) is 8.06. The van der Waals surface area contributed by atoms with Crippen LogP contribution in [0.3, 0.4) is 0 Å². The Hall–Kier alpha value is -4.20. The van der Waals surface area contributed by atoms with Crippen LogP contribution in [0, 0.1) is 0 Å². The van der Waals surface area contributed by atoms with E-state index in [1.165, 1.54) is 25.4 Å². The van der Waals surface area contributed by atoms with Crippen LogP contribution in [0.1, 0.15) is 22.9 Å². The highest BCUT2D eigenvalue weighted by molar-refractivity contribution is 6.46. The van der Waals surface area contributed by atoms with Gasteiger partial charge in [0.15, 0.2) is 11.5 Å². The number of carbonyl (C=O) groups excluding carboxylic acids is 2. The molecule has 34 heavy (non-hydrogen) atoms. The molecule has 2 heterocycles. The Kier molecular flexibility index (Phi) is 6.32. The monoisotopic (exact) mass is 462 g/mol. The van der Waals surface area contributed by atoms with Crippen LogP contribution in [-0.2, 0) is 16.1 Å². The van der Waals surface area contributed by atoms with Crippen LogP contribution in [0.5, 0.6) is 11.5 Å². The highest BCUT2D eigenvalue weighted by Gasteiger charge is 2.46. The Morgan fingerprint density at radius 2 is 1.74 bits per heavy atom. The fourth-order valence-electron chi connectivity index (χ4n) is 4.05.